The third-order valence-electron chi connectivity index (χ3n) is 3.56. The number of hydrogen-bond acceptors (Lipinski definition) is 5. The molecule has 7 heteroatoms. The molecule has 2 heterocycles. The second-order valence-corrected chi connectivity index (χ2v) is 5.32. The van der Waals surface area contributed by atoms with Gasteiger partial charge in [-0.05, 0) is 32.8 Å². The van der Waals surface area contributed by atoms with E-state index in [1.807, 2.05) is 19.1 Å². The number of rotatable bonds is 8. The van der Waals surface area contributed by atoms with Gasteiger partial charge in [-0.3, -0.25) is 19.3 Å². The van der Waals surface area contributed by atoms with Crippen molar-refractivity contribution in [1.29, 1.82) is 0 Å². The first kappa shape index (κ1) is 17.7. The van der Waals surface area contributed by atoms with Gasteiger partial charge in [0.2, 0.25) is 0 Å². The molecule has 0 radical (unpaired) electrons. The third kappa shape index (κ3) is 4.91. The van der Waals surface area contributed by atoms with Crippen LogP contribution in [0.4, 0.5) is 5.82 Å². The molecule has 0 spiro atoms. The number of pyridine rings is 1. The van der Waals surface area contributed by atoms with Gasteiger partial charge in [-0.15, -0.1) is 0 Å². The number of H-pyrrole nitrogens is 1. The quantitative estimate of drug-likeness (QED) is 0.457. The van der Waals surface area contributed by atoms with E-state index >= 15 is 0 Å². The fraction of sp³-hybridized carbons (Fsp3) is 0.412. The Balaban J connectivity index is 1.95. The minimum Gasteiger partial charge on any atom is -0.466 e. The van der Waals surface area contributed by atoms with Crippen LogP contribution in [-0.4, -0.2) is 33.3 Å². The molecule has 0 saturated heterocycles. The summed E-state index contributed by atoms with van der Waals surface area (Å²) in [6.45, 7) is 4.57. The molecular weight excluding hydrogens is 308 g/mol. The summed E-state index contributed by atoms with van der Waals surface area (Å²) in [4.78, 5) is 34.4. The molecule has 1 N–H and O–H groups in total. The highest BCUT2D eigenvalue weighted by atomic mass is 16.5. The Kier molecular flexibility index (Phi) is 6.48. The average Bonchev–Trinajstić information content (AvgIpc) is 2.85. The maximum atomic E-state index is 12.0. The number of aliphatic imine (C=N–C) groups is 1. The zero-order valence-electron chi connectivity index (χ0n) is 14.0. The van der Waals surface area contributed by atoms with E-state index in [1.54, 1.807) is 30.1 Å². The summed E-state index contributed by atoms with van der Waals surface area (Å²) in [7, 11) is 0. The Morgan fingerprint density at radius 2 is 2.29 bits per heavy atom. The van der Waals surface area contributed by atoms with Gasteiger partial charge >= 0.3 is 11.7 Å². The number of carbonyl (C=O) groups is 1. The number of nitrogens with zero attached hydrogens (tertiary/aromatic N) is 3. The predicted molar refractivity (Wildman–Crippen MR) is 91.8 cm³/mol. The van der Waals surface area contributed by atoms with Crippen molar-refractivity contribution in [2.45, 2.75) is 39.7 Å². The Morgan fingerprint density at radius 1 is 1.46 bits per heavy atom. The zero-order chi connectivity index (χ0) is 17.4. The van der Waals surface area contributed by atoms with E-state index in [0.717, 1.165) is 17.7 Å². The molecule has 2 aromatic heterocycles. The second-order valence-electron chi connectivity index (χ2n) is 5.32. The van der Waals surface area contributed by atoms with E-state index in [9.17, 15) is 9.59 Å². The van der Waals surface area contributed by atoms with Crippen LogP contribution in [0.15, 0.2) is 34.3 Å². The maximum Gasteiger partial charge on any atom is 0.327 e. The highest BCUT2D eigenvalue weighted by Crippen LogP contribution is 2.14. The minimum absolute atomic E-state index is 0.193. The number of aromatic nitrogens is 3. The number of unbranched alkanes of at least 4 members (excludes halogenated alkanes) is 1. The lowest BCUT2D eigenvalue weighted by atomic mass is 10.2. The Morgan fingerprint density at radius 3 is 3.00 bits per heavy atom. The standard InChI is InChI=1S/C17H22N4O3/c1-3-24-15(22)8-4-5-10-21-13(2)16(20-17(21)23)19-12-14-7-6-9-18-11-14/h6-7,9,11-12H,3-5,8,10H2,1-2H3,(H,20,23). The number of hydrogen-bond donors (Lipinski definition) is 1. The predicted octanol–water partition coefficient (Wildman–Crippen LogP) is 2.36. The Bertz CT molecular complexity index is 747. The first-order valence-electron chi connectivity index (χ1n) is 8.01. The summed E-state index contributed by atoms with van der Waals surface area (Å²) < 4.78 is 6.52. The Hall–Kier alpha value is -2.70. The monoisotopic (exact) mass is 330 g/mol. The van der Waals surface area contributed by atoms with Crippen molar-refractivity contribution in [3.63, 3.8) is 0 Å². The summed E-state index contributed by atoms with van der Waals surface area (Å²) in [6, 6.07) is 3.71. The molecule has 2 aromatic rings. The molecule has 0 bridgehead atoms. The van der Waals surface area contributed by atoms with Gasteiger partial charge < -0.3 is 4.74 Å². The molecule has 0 atom stereocenters. The van der Waals surface area contributed by atoms with Gasteiger partial charge in [0.05, 0.1) is 12.3 Å². The van der Waals surface area contributed by atoms with Crippen molar-refractivity contribution in [3.05, 3.63) is 46.3 Å². The van der Waals surface area contributed by atoms with E-state index in [0.29, 0.717) is 31.8 Å². The lowest BCUT2D eigenvalue weighted by Gasteiger charge is -2.04. The van der Waals surface area contributed by atoms with Crippen LogP contribution < -0.4 is 5.69 Å². The van der Waals surface area contributed by atoms with Gasteiger partial charge in [0.15, 0.2) is 5.82 Å². The fourth-order valence-corrected chi connectivity index (χ4v) is 2.30. The molecule has 128 valence electrons. The van der Waals surface area contributed by atoms with E-state index in [-0.39, 0.29) is 11.7 Å². The molecule has 0 unspecified atom stereocenters. The highest BCUT2D eigenvalue weighted by Gasteiger charge is 2.09. The van der Waals surface area contributed by atoms with Crippen molar-refractivity contribution in [3.8, 4) is 0 Å². The van der Waals surface area contributed by atoms with E-state index in [4.69, 9.17) is 4.74 Å². The molecule has 0 aliphatic rings. The number of nitrogens with one attached hydrogen (secondary N) is 1. The summed E-state index contributed by atoms with van der Waals surface area (Å²) in [5.41, 5.74) is 1.44. The topological polar surface area (TPSA) is 89.3 Å². The van der Waals surface area contributed by atoms with Gasteiger partial charge in [-0.25, -0.2) is 9.79 Å². The largest absolute Gasteiger partial charge is 0.466 e. The molecule has 0 aromatic carbocycles. The number of aromatic amines is 1. The zero-order valence-corrected chi connectivity index (χ0v) is 14.0. The smallest absolute Gasteiger partial charge is 0.327 e. The highest BCUT2D eigenvalue weighted by molar-refractivity contribution is 5.81. The molecule has 0 saturated carbocycles. The van der Waals surface area contributed by atoms with Crippen LogP contribution in [-0.2, 0) is 16.1 Å². The second kappa shape index (κ2) is 8.81. The number of esters is 1. The SMILES string of the molecule is CCOC(=O)CCCCn1c(C)c(N=Cc2cccnc2)[nH]c1=O. The fourth-order valence-electron chi connectivity index (χ4n) is 2.30. The van der Waals surface area contributed by atoms with Crippen molar-refractivity contribution >= 4 is 18.0 Å². The van der Waals surface area contributed by atoms with Crippen LogP contribution in [0.5, 0.6) is 0 Å². The van der Waals surface area contributed by atoms with Crippen LogP contribution in [0.3, 0.4) is 0 Å². The van der Waals surface area contributed by atoms with Crippen molar-refractivity contribution in [2.75, 3.05) is 6.61 Å². The molecule has 2 rings (SSSR count). The molecule has 24 heavy (non-hydrogen) atoms. The lowest BCUT2D eigenvalue weighted by molar-refractivity contribution is -0.143. The number of imidazole rings is 1. The summed E-state index contributed by atoms with van der Waals surface area (Å²) in [5.74, 6) is 0.339. The summed E-state index contributed by atoms with van der Waals surface area (Å²) in [5, 5.41) is 0. The summed E-state index contributed by atoms with van der Waals surface area (Å²) >= 11 is 0. The van der Waals surface area contributed by atoms with Crippen LogP contribution in [0.25, 0.3) is 0 Å². The first-order chi connectivity index (χ1) is 11.6. The van der Waals surface area contributed by atoms with Crippen molar-refractivity contribution < 1.29 is 9.53 Å². The minimum atomic E-state index is -0.197. The van der Waals surface area contributed by atoms with Gasteiger partial charge in [0.25, 0.3) is 0 Å². The van der Waals surface area contributed by atoms with E-state index in [2.05, 4.69) is 15.0 Å². The molecule has 7 nitrogen and oxygen atoms in total. The maximum absolute atomic E-state index is 12.0. The molecule has 0 aliphatic heterocycles. The van der Waals surface area contributed by atoms with Gasteiger partial charge in [0.1, 0.15) is 0 Å². The summed E-state index contributed by atoms with van der Waals surface area (Å²) in [6.07, 6.45) is 6.84. The molecule has 0 aliphatic carbocycles. The van der Waals surface area contributed by atoms with Gasteiger partial charge in [0, 0.05) is 37.1 Å². The van der Waals surface area contributed by atoms with Crippen LogP contribution in [0, 0.1) is 6.92 Å². The molecule has 0 fully saturated rings. The average molecular weight is 330 g/mol. The van der Waals surface area contributed by atoms with Crippen LogP contribution in [0.2, 0.25) is 0 Å². The van der Waals surface area contributed by atoms with E-state index < -0.39 is 0 Å². The van der Waals surface area contributed by atoms with Crippen molar-refractivity contribution in [2.24, 2.45) is 4.99 Å². The van der Waals surface area contributed by atoms with Gasteiger partial charge in [-0.2, -0.15) is 0 Å². The molecule has 0 amide bonds. The molecular formula is C17H22N4O3. The first-order valence-corrected chi connectivity index (χ1v) is 8.01. The van der Waals surface area contributed by atoms with E-state index in [1.165, 1.54) is 0 Å². The Labute approximate surface area is 140 Å². The number of ether oxygens (including phenoxy) is 1. The van der Waals surface area contributed by atoms with Crippen molar-refractivity contribution in [1.82, 2.24) is 14.5 Å². The van der Waals surface area contributed by atoms with Crippen LogP contribution in [0.1, 0.15) is 37.4 Å². The number of carbonyl (C=O) groups excluding carboxylic acids is 1. The third-order valence-corrected chi connectivity index (χ3v) is 3.56. The van der Waals surface area contributed by atoms with Gasteiger partial charge in [-0.1, -0.05) is 6.07 Å². The normalized spacial score (nSPS) is 11.1. The van der Waals surface area contributed by atoms with Crippen LogP contribution >= 0.6 is 0 Å². The lowest BCUT2D eigenvalue weighted by Crippen LogP contribution is -2.18.